The highest BCUT2D eigenvalue weighted by atomic mass is 35.5. The third kappa shape index (κ3) is 3.31. The third-order valence-corrected chi connectivity index (χ3v) is 6.09. The van der Waals surface area contributed by atoms with E-state index in [2.05, 4.69) is 10.2 Å². The third-order valence-electron chi connectivity index (χ3n) is 3.30. The molecule has 0 aliphatic heterocycles. The Morgan fingerprint density at radius 3 is 2.74 bits per heavy atom. The summed E-state index contributed by atoms with van der Waals surface area (Å²) in [5.41, 5.74) is 0.550. The predicted octanol–water partition coefficient (Wildman–Crippen LogP) is 2.20. The van der Waals surface area contributed by atoms with Crippen molar-refractivity contribution in [2.45, 2.75) is 23.7 Å². The first-order valence-corrected chi connectivity index (χ1v) is 9.38. The van der Waals surface area contributed by atoms with Gasteiger partial charge >= 0.3 is 0 Å². The highest BCUT2D eigenvalue weighted by Gasteiger charge is 2.30. The molecule has 2 aromatic rings. The first-order valence-electron chi connectivity index (χ1n) is 6.64. The van der Waals surface area contributed by atoms with Gasteiger partial charge in [-0.3, -0.25) is 4.79 Å². The van der Waals surface area contributed by atoms with Crippen molar-refractivity contribution in [2.75, 3.05) is 7.11 Å². The second-order valence-electron chi connectivity index (χ2n) is 4.95. The molecule has 7 nitrogen and oxygen atoms in total. The minimum atomic E-state index is -4.06. The van der Waals surface area contributed by atoms with Crippen LogP contribution < -0.4 is 9.46 Å². The van der Waals surface area contributed by atoms with Crippen molar-refractivity contribution in [3.63, 3.8) is 0 Å². The number of aromatic nitrogens is 2. The maximum Gasteiger partial charge on any atom is 0.285 e. The van der Waals surface area contributed by atoms with Crippen molar-refractivity contribution < 1.29 is 17.9 Å². The Labute approximate surface area is 141 Å². The molecule has 0 radical (unpaired) electrons. The normalized spacial score (nSPS) is 14.5. The van der Waals surface area contributed by atoms with E-state index in [1.54, 1.807) is 0 Å². The smallest absolute Gasteiger partial charge is 0.285 e. The Hall–Kier alpha value is -1.71. The van der Waals surface area contributed by atoms with E-state index in [-0.39, 0.29) is 14.9 Å². The van der Waals surface area contributed by atoms with E-state index in [9.17, 15) is 13.2 Å². The summed E-state index contributed by atoms with van der Waals surface area (Å²) in [4.78, 5) is 12.0. The van der Waals surface area contributed by atoms with Crippen molar-refractivity contribution in [2.24, 2.45) is 0 Å². The molecule has 1 amide bonds. The number of sulfonamides is 1. The van der Waals surface area contributed by atoms with Crippen molar-refractivity contribution in [1.82, 2.24) is 14.9 Å². The van der Waals surface area contributed by atoms with Gasteiger partial charge in [0.05, 0.1) is 7.11 Å². The minimum absolute atomic E-state index is 0.0815. The molecular weight excluding hydrogens is 362 g/mol. The van der Waals surface area contributed by atoms with Gasteiger partial charge in [0.2, 0.25) is 0 Å². The van der Waals surface area contributed by atoms with Crippen LogP contribution in [-0.4, -0.2) is 31.6 Å². The van der Waals surface area contributed by atoms with Crippen LogP contribution in [0.15, 0.2) is 22.4 Å². The minimum Gasteiger partial charge on any atom is -0.495 e. The topological polar surface area (TPSA) is 98.2 Å². The summed E-state index contributed by atoms with van der Waals surface area (Å²) in [6.07, 6.45) is 2.00. The number of thiophene rings is 1. The molecule has 0 atom stereocenters. The molecule has 0 unspecified atom stereocenters. The standard InChI is InChI=1S/C13H12ClN3O4S2/c1-21-9-6-8(15-16-11(9)7-2-3-7)13(18)17-23(19,20)10-4-5-22-12(10)14/h4-7H,2-3H2,1H3,(H,17,18). The van der Waals surface area contributed by atoms with Gasteiger partial charge in [-0.1, -0.05) is 11.6 Å². The monoisotopic (exact) mass is 373 g/mol. The predicted molar refractivity (Wildman–Crippen MR) is 84.5 cm³/mol. The fourth-order valence-electron chi connectivity index (χ4n) is 2.00. The van der Waals surface area contributed by atoms with Crippen LogP contribution in [0.3, 0.4) is 0 Å². The van der Waals surface area contributed by atoms with Gasteiger partial charge in [-0.15, -0.1) is 16.4 Å². The molecule has 2 heterocycles. The number of halogens is 1. The van der Waals surface area contributed by atoms with Gasteiger partial charge in [-0.2, -0.15) is 5.10 Å². The lowest BCUT2D eigenvalue weighted by molar-refractivity contribution is 0.0975. The maximum absolute atomic E-state index is 12.1. The van der Waals surface area contributed by atoms with E-state index >= 15 is 0 Å². The first kappa shape index (κ1) is 16.2. The summed E-state index contributed by atoms with van der Waals surface area (Å²) in [5, 5.41) is 9.31. The Balaban J connectivity index is 1.85. The molecule has 0 saturated heterocycles. The van der Waals surface area contributed by atoms with Crippen molar-refractivity contribution in [3.05, 3.63) is 33.2 Å². The number of amides is 1. The lowest BCUT2D eigenvalue weighted by atomic mass is 10.2. The van der Waals surface area contributed by atoms with Crippen LogP contribution in [0, 0.1) is 0 Å². The second kappa shape index (κ2) is 6.06. The molecule has 1 aliphatic rings. The molecule has 1 saturated carbocycles. The van der Waals surface area contributed by atoms with Crippen LogP contribution in [0.1, 0.15) is 34.9 Å². The van der Waals surface area contributed by atoms with Crippen LogP contribution in [0.25, 0.3) is 0 Å². The SMILES string of the molecule is COc1cc(C(=O)NS(=O)(=O)c2ccsc2Cl)nnc1C1CC1. The number of carbonyl (C=O) groups excluding carboxylic acids is 1. The summed E-state index contributed by atoms with van der Waals surface area (Å²) in [7, 11) is -2.59. The van der Waals surface area contributed by atoms with E-state index < -0.39 is 15.9 Å². The molecule has 122 valence electrons. The highest BCUT2D eigenvalue weighted by Crippen LogP contribution is 2.42. The van der Waals surface area contributed by atoms with Gasteiger partial charge in [0.1, 0.15) is 20.7 Å². The summed E-state index contributed by atoms with van der Waals surface area (Å²) in [5.74, 6) is -0.165. The van der Waals surface area contributed by atoms with E-state index in [0.29, 0.717) is 17.4 Å². The van der Waals surface area contributed by atoms with Crippen LogP contribution in [0.2, 0.25) is 4.34 Å². The molecule has 10 heteroatoms. The molecule has 2 aromatic heterocycles. The zero-order valence-corrected chi connectivity index (χ0v) is 14.3. The van der Waals surface area contributed by atoms with E-state index in [4.69, 9.17) is 16.3 Å². The van der Waals surface area contributed by atoms with E-state index in [1.807, 2.05) is 4.72 Å². The van der Waals surface area contributed by atoms with Gasteiger partial charge in [-0.05, 0) is 24.3 Å². The summed E-state index contributed by atoms with van der Waals surface area (Å²) in [6.45, 7) is 0. The Morgan fingerprint density at radius 2 is 2.17 bits per heavy atom. The van der Waals surface area contributed by atoms with Crippen molar-refractivity contribution in [3.8, 4) is 5.75 Å². The molecule has 0 aromatic carbocycles. The molecule has 0 bridgehead atoms. The van der Waals surface area contributed by atoms with Gasteiger partial charge in [-0.25, -0.2) is 13.1 Å². The van der Waals surface area contributed by atoms with Gasteiger partial charge in [0.15, 0.2) is 5.69 Å². The average Bonchev–Trinajstić information content (AvgIpc) is 3.26. The van der Waals surface area contributed by atoms with E-state index in [0.717, 1.165) is 24.2 Å². The number of ether oxygens (including phenoxy) is 1. The summed E-state index contributed by atoms with van der Waals surface area (Å²) in [6, 6.07) is 2.71. The lowest BCUT2D eigenvalue weighted by Gasteiger charge is -2.08. The number of nitrogens with one attached hydrogen (secondary N) is 1. The van der Waals surface area contributed by atoms with Crippen LogP contribution >= 0.6 is 22.9 Å². The van der Waals surface area contributed by atoms with Crippen LogP contribution in [-0.2, 0) is 10.0 Å². The van der Waals surface area contributed by atoms with Crippen LogP contribution in [0.4, 0.5) is 0 Å². The largest absolute Gasteiger partial charge is 0.495 e. The lowest BCUT2D eigenvalue weighted by Crippen LogP contribution is -2.31. The van der Waals surface area contributed by atoms with E-state index in [1.165, 1.54) is 24.6 Å². The molecule has 1 fully saturated rings. The number of rotatable bonds is 5. The zero-order valence-electron chi connectivity index (χ0n) is 11.9. The fraction of sp³-hybridized carbons (Fsp3) is 0.308. The molecular formula is C13H12ClN3O4S2. The fourth-order valence-corrected chi connectivity index (χ4v) is 4.51. The van der Waals surface area contributed by atoms with Crippen molar-refractivity contribution >= 4 is 38.9 Å². The molecule has 0 spiro atoms. The zero-order chi connectivity index (χ0) is 16.6. The Morgan fingerprint density at radius 1 is 1.43 bits per heavy atom. The molecule has 1 aliphatic carbocycles. The number of nitrogens with zero attached hydrogens (tertiary/aromatic N) is 2. The van der Waals surface area contributed by atoms with Crippen LogP contribution in [0.5, 0.6) is 5.75 Å². The molecule has 3 rings (SSSR count). The first-order chi connectivity index (χ1) is 10.9. The number of carbonyl (C=O) groups is 1. The number of hydrogen-bond donors (Lipinski definition) is 1. The summed E-state index contributed by atoms with van der Waals surface area (Å²) >= 11 is 6.86. The number of hydrogen-bond acceptors (Lipinski definition) is 7. The van der Waals surface area contributed by atoms with Gasteiger partial charge in [0, 0.05) is 12.0 Å². The molecule has 1 N–H and O–H groups in total. The quantitative estimate of drug-likeness (QED) is 0.862. The van der Waals surface area contributed by atoms with Crippen molar-refractivity contribution in [1.29, 1.82) is 0 Å². The molecule has 23 heavy (non-hydrogen) atoms. The highest BCUT2D eigenvalue weighted by molar-refractivity contribution is 7.90. The van der Waals surface area contributed by atoms with Gasteiger partial charge in [0.25, 0.3) is 15.9 Å². The number of methoxy groups -OCH3 is 1. The Bertz CT molecular complexity index is 862. The maximum atomic E-state index is 12.1. The summed E-state index contributed by atoms with van der Waals surface area (Å²) < 4.78 is 31.5. The second-order valence-corrected chi connectivity index (χ2v) is 8.12. The Kier molecular flexibility index (Phi) is 4.26. The average molecular weight is 374 g/mol. The van der Waals surface area contributed by atoms with Gasteiger partial charge < -0.3 is 4.74 Å².